The Morgan fingerprint density at radius 1 is 1.35 bits per heavy atom. The summed E-state index contributed by atoms with van der Waals surface area (Å²) in [6.45, 7) is 8.75. The normalized spacial score (nSPS) is 23.2. The molecule has 1 aromatic rings. The van der Waals surface area contributed by atoms with Crippen molar-refractivity contribution in [3.05, 3.63) is 21.9 Å². The average Bonchev–Trinajstić information content (AvgIpc) is 2.97. The number of hydrogen-bond acceptors (Lipinski definition) is 4. The molecule has 0 radical (unpaired) electrons. The fraction of sp³-hybridized carbons (Fsp3) is 0.667. The Balaban J connectivity index is 1.56. The number of carbonyl (C=O) groups excluding carboxylic acids is 1. The minimum Gasteiger partial charge on any atom is -0.447 e. The van der Waals surface area contributed by atoms with E-state index in [1.165, 1.54) is 16.2 Å². The van der Waals surface area contributed by atoms with E-state index in [4.69, 9.17) is 4.74 Å². The molecular formula is C15H22N2O2S. The molecule has 2 aliphatic heterocycles. The van der Waals surface area contributed by atoms with Gasteiger partial charge in [0.2, 0.25) is 0 Å². The summed E-state index contributed by atoms with van der Waals surface area (Å²) in [7, 11) is 0. The molecule has 110 valence electrons. The molecule has 2 aliphatic rings. The number of carbonyl (C=O) groups is 1. The van der Waals surface area contributed by atoms with Crippen LogP contribution < -0.4 is 0 Å². The number of amides is 1. The maximum atomic E-state index is 11.5. The first-order valence-electron chi connectivity index (χ1n) is 7.35. The Kier molecular flexibility index (Phi) is 3.98. The minimum absolute atomic E-state index is 0.134. The molecule has 4 nitrogen and oxygen atoms in total. The van der Waals surface area contributed by atoms with Crippen molar-refractivity contribution in [3.63, 3.8) is 0 Å². The fourth-order valence-corrected chi connectivity index (χ4v) is 4.21. The summed E-state index contributed by atoms with van der Waals surface area (Å²) in [6.07, 6.45) is 1.04. The smallest absolute Gasteiger partial charge is 0.410 e. The molecule has 2 saturated heterocycles. The van der Waals surface area contributed by atoms with Crippen LogP contribution in [0, 0.1) is 5.92 Å². The predicted molar refractivity (Wildman–Crippen MR) is 80.0 cm³/mol. The van der Waals surface area contributed by atoms with E-state index in [0.29, 0.717) is 12.5 Å². The number of nitrogens with zero attached hydrogens (tertiary/aromatic N) is 2. The van der Waals surface area contributed by atoms with Crippen molar-refractivity contribution in [3.8, 4) is 0 Å². The quantitative estimate of drug-likeness (QED) is 0.855. The van der Waals surface area contributed by atoms with Gasteiger partial charge in [0.25, 0.3) is 0 Å². The second kappa shape index (κ2) is 5.74. The molecule has 2 fully saturated rings. The highest BCUT2D eigenvalue weighted by molar-refractivity contribution is 7.11. The maximum Gasteiger partial charge on any atom is 0.410 e. The van der Waals surface area contributed by atoms with E-state index >= 15 is 0 Å². The molecule has 1 atom stereocenters. The van der Waals surface area contributed by atoms with Crippen molar-refractivity contribution in [1.82, 2.24) is 9.80 Å². The lowest BCUT2D eigenvalue weighted by molar-refractivity contribution is 0.116. The molecule has 0 N–H and O–H groups in total. The van der Waals surface area contributed by atoms with Crippen molar-refractivity contribution >= 4 is 17.4 Å². The minimum atomic E-state index is -0.134. The third kappa shape index (κ3) is 2.99. The summed E-state index contributed by atoms with van der Waals surface area (Å²) in [5.74, 6) is 0.715. The molecule has 20 heavy (non-hydrogen) atoms. The van der Waals surface area contributed by atoms with Crippen LogP contribution in [0.25, 0.3) is 0 Å². The molecule has 0 saturated carbocycles. The van der Waals surface area contributed by atoms with Gasteiger partial charge in [-0.15, -0.1) is 11.3 Å². The molecule has 1 amide bonds. The highest BCUT2D eigenvalue weighted by Gasteiger charge is 2.37. The van der Waals surface area contributed by atoms with Gasteiger partial charge in [-0.3, -0.25) is 9.80 Å². The lowest BCUT2D eigenvalue weighted by Gasteiger charge is -2.35. The van der Waals surface area contributed by atoms with Crippen LogP contribution >= 0.6 is 11.3 Å². The SMILES string of the molecule is CC(C)Cc1ccc(CN2CCN3C(=O)OC[C@H]3C2)s1. The zero-order valence-electron chi connectivity index (χ0n) is 12.2. The number of hydrogen-bond donors (Lipinski definition) is 0. The van der Waals surface area contributed by atoms with Gasteiger partial charge >= 0.3 is 6.09 Å². The summed E-state index contributed by atoms with van der Waals surface area (Å²) >= 11 is 1.93. The number of thiophene rings is 1. The summed E-state index contributed by atoms with van der Waals surface area (Å²) < 4.78 is 5.11. The van der Waals surface area contributed by atoms with E-state index in [-0.39, 0.29) is 12.1 Å². The van der Waals surface area contributed by atoms with Crippen molar-refractivity contribution in [2.45, 2.75) is 32.9 Å². The largest absolute Gasteiger partial charge is 0.447 e. The van der Waals surface area contributed by atoms with Crippen LogP contribution in [0.2, 0.25) is 0 Å². The fourth-order valence-electron chi connectivity index (χ4n) is 2.94. The molecule has 3 heterocycles. The van der Waals surface area contributed by atoms with Crippen molar-refractivity contribution in [1.29, 1.82) is 0 Å². The maximum absolute atomic E-state index is 11.5. The molecular weight excluding hydrogens is 272 g/mol. The number of rotatable bonds is 4. The first-order valence-corrected chi connectivity index (χ1v) is 8.17. The molecule has 0 unspecified atom stereocenters. The number of piperazine rings is 1. The standard InChI is InChI=1S/C15H22N2O2S/c1-11(2)7-13-3-4-14(20-13)9-16-5-6-17-12(8-16)10-19-15(17)18/h3-4,11-12H,5-10H2,1-2H3/t12-/m1/s1. The van der Waals surface area contributed by atoms with Crippen LogP contribution in [0.4, 0.5) is 4.79 Å². The molecule has 0 spiro atoms. The number of fused-ring (bicyclic) bond motifs is 1. The summed E-state index contributed by atoms with van der Waals surface area (Å²) in [4.78, 5) is 18.7. The van der Waals surface area contributed by atoms with E-state index in [0.717, 1.165) is 26.2 Å². The van der Waals surface area contributed by atoms with Gasteiger partial charge in [-0.1, -0.05) is 13.8 Å². The first kappa shape index (κ1) is 13.9. The number of ether oxygens (including phenoxy) is 1. The second-order valence-corrected chi connectivity index (χ2v) is 7.38. The van der Waals surface area contributed by atoms with E-state index in [2.05, 4.69) is 30.9 Å². The van der Waals surface area contributed by atoms with Gasteiger partial charge in [0.1, 0.15) is 6.61 Å². The summed E-state index contributed by atoms with van der Waals surface area (Å²) in [5, 5.41) is 0. The van der Waals surface area contributed by atoms with Crippen LogP contribution in [-0.2, 0) is 17.7 Å². The van der Waals surface area contributed by atoms with Crippen LogP contribution in [-0.4, -0.2) is 48.2 Å². The van der Waals surface area contributed by atoms with Crippen molar-refractivity contribution < 1.29 is 9.53 Å². The Hall–Kier alpha value is -1.07. The van der Waals surface area contributed by atoms with Gasteiger partial charge < -0.3 is 4.74 Å². The molecule has 0 bridgehead atoms. The van der Waals surface area contributed by atoms with Gasteiger partial charge in [-0.25, -0.2) is 4.79 Å². The zero-order chi connectivity index (χ0) is 14.1. The Labute approximate surface area is 124 Å². The van der Waals surface area contributed by atoms with Crippen molar-refractivity contribution in [2.24, 2.45) is 5.92 Å². The molecule has 0 aromatic carbocycles. The highest BCUT2D eigenvalue weighted by Crippen LogP contribution is 2.24. The van der Waals surface area contributed by atoms with E-state index in [9.17, 15) is 4.79 Å². The Bertz CT molecular complexity index is 486. The second-order valence-electron chi connectivity index (χ2n) is 6.13. The van der Waals surface area contributed by atoms with Crippen LogP contribution in [0.5, 0.6) is 0 Å². The average molecular weight is 294 g/mol. The number of cyclic esters (lactones) is 1. The monoisotopic (exact) mass is 294 g/mol. The summed E-state index contributed by atoms with van der Waals surface area (Å²) in [6, 6.07) is 4.77. The molecule has 3 rings (SSSR count). The molecule has 1 aromatic heterocycles. The molecule has 5 heteroatoms. The van der Waals surface area contributed by atoms with Crippen LogP contribution in [0.1, 0.15) is 23.6 Å². The lowest BCUT2D eigenvalue weighted by atomic mass is 10.1. The first-order chi connectivity index (χ1) is 9.61. The topological polar surface area (TPSA) is 32.8 Å². The Morgan fingerprint density at radius 2 is 2.15 bits per heavy atom. The van der Waals surface area contributed by atoms with Gasteiger partial charge in [-0.2, -0.15) is 0 Å². The van der Waals surface area contributed by atoms with E-state index in [1.807, 2.05) is 16.2 Å². The van der Waals surface area contributed by atoms with Crippen LogP contribution in [0.3, 0.4) is 0 Å². The lowest BCUT2D eigenvalue weighted by Crippen LogP contribution is -2.51. The van der Waals surface area contributed by atoms with Crippen molar-refractivity contribution in [2.75, 3.05) is 26.2 Å². The Morgan fingerprint density at radius 3 is 2.95 bits per heavy atom. The van der Waals surface area contributed by atoms with E-state index in [1.54, 1.807) is 0 Å². The molecule has 0 aliphatic carbocycles. The highest BCUT2D eigenvalue weighted by atomic mass is 32.1. The van der Waals surface area contributed by atoms with E-state index < -0.39 is 0 Å². The zero-order valence-corrected chi connectivity index (χ0v) is 13.0. The van der Waals surface area contributed by atoms with Gasteiger partial charge in [0.05, 0.1) is 6.04 Å². The predicted octanol–water partition coefficient (Wildman–Crippen LogP) is 2.58. The third-order valence-electron chi connectivity index (χ3n) is 3.91. The van der Waals surface area contributed by atoms with Gasteiger partial charge in [-0.05, 0) is 24.5 Å². The third-order valence-corrected chi connectivity index (χ3v) is 5.00. The van der Waals surface area contributed by atoms with Gasteiger partial charge in [0, 0.05) is 35.9 Å². The summed E-state index contributed by atoms with van der Waals surface area (Å²) in [5.41, 5.74) is 0. The van der Waals surface area contributed by atoms with Gasteiger partial charge in [0.15, 0.2) is 0 Å². The van der Waals surface area contributed by atoms with Crippen LogP contribution in [0.15, 0.2) is 12.1 Å².